The van der Waals surface area contributed by atoms with E-state index in [1.165, 1.54) is 0 Å². The topological polar surface area (TPSA) is 71.4 Å². The number of carboxylic acid groups (broad SMARTS) is 1. The molecule has 0 fully saturated rings. The number of sulfone groups is 1. The van der Waals surface area contributed by atoms with Crippen LogP contribution in [0, 0.1) is 5.82 Å². The highest BCUT2D eigenvalue weighted by Gasteiger charge is 2.20. The molecule has 2 aromatic rings. The number of carbonyl (C=O) groups is 1. The summed E-state index contributed by atoms with van der Waals surface area (Å²) in [6, 6.07) is 9.09. The summed E-state index contributed by atoms with van der Waals surface area (Å²) >= 11 is 5.91. The molecule has 1 N–H and O–H groups in total. The average molecular weight is 329 g/mol. The van der Waals surface area contributed by atoms with Gasteiger partial charge in [0.05, 0.1) is 16.2 Å². The normalized spacial score (nSPS) is 11.3. The maximum Gasteiger partial charge on any atom is 0.338 e. The smallest absolute Gasteiger partial charge is 0.338 e. The van der Waals surface area contributed by atoms with E-state index in [0.717, 1.165) is 18.2 Å². The van der Waals surface area contributed by atoms with Crippen molar-refractivity contribution >= 4 is 27.4 Å². The fraction of sp³-hybridized carbons (Fsp3) is 0.0714. The Bertz CT molecular complexity index is 802. The van der Waals surface area contributed by atoms with Gasteiger partial charge in [0.15, 0.2) is 9.84 Å². The van der Waals surface area contributed by atoms with Crippen molar-refractivity contribution in [3.63, 3.8) is 0 Å². The highest BCUT2D eigenvalue weighted by Crippen LogP contribution is 2.23. The molecule has 0 unspecified atom stereocenters. The Morgan fingerprint density at radius 3 is 2.48 bits per heavy atom. The van der Waals surface area contributed by atoms with Crippen LogP contribution in [0.25, 0.3) is 0 Å². The molecule has 0 atom stereocenters. The van der Waals surface area contributed by atoms with Gasteiger partial charge in [0.1, 0.15) is 5.82 Å². The van der Waals surface area contributed by atoms with E-state index in [1.54, 1.807) is 24.3 Å². The molecule has 0 amide bonds. The van der Waals surface area contributed by atoms with Crippen LogP contribution in [0.5, 0.6) is 0 Å². The quantitative estimate of drug-likeness (QED) is 0.875. The van der Waals surface area contributed by atoms with Gasteiger partial charge in [-0.1, -0.05) is 29.8 Å². The van der Waals surface area contributed by atoms with Gasteiger partial charge in [-0.15, -0.1) is 0 Å². The van der Waals surface area contributed by atoms with Crippen molar-refractivity contribution in [2.75, 3.05) is 0 Å². The van der Waals surface area contributed by atoms with Crippen LogP contribution in [-0.2, 0) is 15.6 Å². The summed E-state index contributed by atoms with van der Waals surface area (Å²) in [7, 11) is -3.82. The molecule has 0 radical (unpaired) electrons. The van der Waals surface area contributed by atoms with E-state index in [2.05, 4.69) is 0 Å². The Morgan fingerprint density at radius 2 is 1.86 bits per heavy atom. The predicted molar refractivity (Wildman–Crippen MR) is 75.7 cm³/mol. The first-order valence-corrected chi connectivity index (χ1v) is 7.83. The Kier molecular flexibility index (Phi) is 4.29. The van der Waals surface area contributed by atoms with E-state index in [9.17, 15) is 17.6 Å². The fourth-order valence-electron chi connectivity index (χ4n) is 1.77. The molecule has 7 heteroatoms. The number of rotatable bonds is 4. The number of benzene rings is 2. The maximum absolute atomic E-state index is 13.3. The van der Waals surface area contributed by atoms with Gasteiger partial charge < -0.3 is 5.11 Å². The second-order valence-electron chi connectivity index (χ2n) is 4.30. The van der Waals surface area contributed by atoms with Crippen molar-refractivity contribution in [3.05, 3.63) is 64.4 Å². The third-order valence-electron chi connectivity index (χ3n) is 2.83. The largest absolute Gasteiger partial charge is 0.478 e. The van der Waals surface area contributed by atoms with Crippen LogP contribution in [0.2, 0.25) is 5.02 Å². The highest BCUT2D eigenvalue weighted by molar-refractivity contribution is 7.90. The maximum atomic E-state index is 13.3. The number of hydrogen-bond donors (Lipinski definition) is 1. The Balaban J connectivity index is 2.43. The number of halogens is 2. The van der Waals surface area contributed by atoms with Crippen LogP contribution in [-0.4, -0.2) is 19.5 Å². The third-order valence-corrected chi connectivity index (χ3v) is 4.86. The van der Waals surface area contributed by atoms with Crippen molar-refractivity contribution in [1.82, 2.24) is 0 Å². The lowest BCUT2D eigenvalue weighted by Gasteiger charge is -2.07. The van der Waals surface area contributed by atoms with Crippen LogP contribution in [0.15, 0.2) is 47.4 Å². The van der Waals surface area contributed by atoms with Gasteiger partial charge in [-0.2, -0.15) is 0 Å². The summed E-state index contributed by atoms with van der Waals surface area (Å²) in [6.45, 7) is 0. The number of hydrogen-bond acceptors (Lipinski definition) is 3. The molecule has 4 nitrogen and oxygen atoms in total. The average Bonchev–Trinajstić information content (AvgIpc) is 2.41. The molecule has 0 aliphatic carbocycles. The van der Waals surface area contributed by atoms with E-state index in [0.29, 0.717) is 10.6 Å². The molecule has 0 aromatic heterocycles. The standard InChI is InChI=1S/C14H10ClFO4S/c15-12-4-2-1-3-9(12)8-21(19,20)10-5-6-13(16)11(7-10)14(17)18/h1-7H,8H2,(H,17,18). The molecule has 2 aromatic carbocycles. The van der Waals surface area contributed by atoms with E-state index in [-0.39, 0.29) is 4.90 Å². The molecule has 0 aliphatic rings. The summed E-state index contributed by atoms with van der Waals surface area (Å²) in [5.74, 6) is -2.90. The van der Waals surface area contributed by atoms with Gasteiger partial charge in [-0.3, -0.25) is 0 Å². The minimum Gasteiger partial charge on any atom is -0.478 e. The summed E-state index contributed by atoms with van der Waals surface area (Å²) in [5.41, 5.74) is -0.296. The summed E-state index contributed by atoms with van der Waals surface area (Å²) in [4.78, 5) is 10.6. The van der Waals surface area contributed by atoms with E-state index < -0.39 is 32.9 Å². The lowest BCUT2D eigenvalue weighted by atomic mass is 10.2. The lowest BCUT2D eigenvalue weighted by Crippen LogP contribution is -2.08. The Morgan fingerprint density at radius 1 is 1.19 bits per heavy atom. The summed E-state index contributed by atoms with van der Waals surface area (Å²) < 4.78 is 37.8. The van der Waals surface area contributed by atoms with Crippen LogP contribution in [0.4, 0.5) is 4.39 Å². The van der Waals surface area contributed by atoms with Gasteiger partial charge in [-0.25, -0.2) is 17.6 Å². The summed E-state index contributed by atoms with van der Waals surface area (Å²) in [6.07, 6.45) is 0. The second-order valence-corrected chi connectivity index (χ2v) is 6.69. The van der Waals surface area contributed by atoms with Crippen molar-refractivity contribution < 1.29 is 22.7 Å². The zero-order valence-electron chi connectivity index (χ0n) is 10.6. The fourth-order valence-corrected chi connectivity index (χ4v) is 3.45. The monoisotopic (exact) mass is 328 g/mol. The van der Waals surface area contributed by atoms with Crippen molar-refractivity contribution in [3.8, 4) is 0 Å². The minimum absolute atomic E-state index is 0.263. The minimum atomic E-state index is -3.82. The first-order valence-electron chi connectivity index (χ1n) is 5.80. The van der Waals surface area contributed by atoms with Gasteiger partial charge >= 0.3 is 5.97 Å². The first-order chi connectivity index (χ1) is 9.81. The molecule has 0 saturated heterocycles. The van der Waals surface area contributed by atoms with Crippen molar-refractivity contribution in [1.29, 1.82) is 0 Å². The molecular formula is C14H10ClFO4S. The molecule has 0 aliphatic heterocycles. The van der Waals surface area contributed by atoms with Gasteiger partial charge in [0, 0.05) is 5.02 Å². The zero-order chi connectivity index (χ0) is 15.6. The second kappa shape index (κ2) is 5.83. The molecule has 0 saturated carbocycles. The first kappa shape index (κ1) is 15.5. The van der Waals surface area contributed by atoms with Crippen molar-refractivity contribution in [2.45, 2.75) is 10.6 Å². The van der Waals surface area contributed by atoms with Crippen LogP contribution in [0.3, 0.4) is 0 Å². The molecule has 21 heavy (non-hydrogen) atoms. The van der Waals surface area contributed by atoms with Crippen LogP contribution >= 0.6 is 11.6 Å². The lowest BCUT2D eigenvalue weighted by molar-refractivity contribution is 0.0691. The molecule has 0 bridgehead atoms. The SMILES string of the molecule is O=C(O)c1cc(S(=O)(=O)Cc2ccccc2Cl)ccc1F. The molecule has 110 valence electrons. The van der Waals surface area contributed by atoms with Gasteiger partial charge in [0.2, 0.25) is 0 Å². The number of aromatic carboxylic acids is 1. The highest BCUT2D eigenvalue weighted by atomic mass is 35.5. The Labute approximate surface area is 125 Å². The van der Waals surface area contributed by atoms with Crippen LogP contribution < -0.4 is 0 Å². The van der Waals surface area contributed by atoms with Crippen molar-refractivity contribution in [2.24, 2.45) is 0 Å². The molecule has 0 spiro atoms. The number of carboxylic acids is 1. The zero-order valence-corrected chi connectivity index (χ0v) is 12.2. The van der Waals surface area contributed by atoms with E-state index in [4.69, 9.17) is 16.7 Å². The third kappa shape index (κ3) is 3.40. The molecular weight excluding hydrogens is 319 g/mol. The summed E-state index contributed by atoms with van der Waals surface area (Å²) in [5, 5.41) is 9.13. The van der Waals surface area contributed by atoms with Gasteiger partial charge in [-0.05, 0) is 29.8 Å². The molecule has 2 rings (SSSR count). The predicted octanol–water partition coefficient (Wildman–Crippen LogP) is 3.15. The van der Waals surface area contributed by atoms with E-state index >= 15 is 0 Å². The van der Waals surface area contributed by atoms with Crippen LogP contribution in [0.1, 0.15) is 15.9 Å². The van der Waals surface area contributed by atoms with Gasteiger partial charge in [0.25, 0.3) is 0 Å². The van der Waals surface area contributed by atoms with E-state index in [1.807, 2.05) is 0 Å². The Hall–Kier alpha value is -1.92. The molecule has 0 heterocycles.